The number of ether oxygens (including phenoxy) is 2. The van der Waals surface area contributed by atoms with E-state index in [1.807, 2.05) is 25.1 Å². The first-order valence-electron chi connectivity index (χ1n) is 8.76. The van der Waals surface area contributed by atoms with Crippen LogP contribution in [0.25, 0.3) is 0 Å². The van der Waals surface area contributed by atoms with Gasteiger partial charge in [-0.15, -0.1) is 0 Å². The smallest absolute Gasteiger partial charge is 0.237 e. The largest absolute Gasteiger partial charge is 0.496 e. The number of rotatable bonds is 7. The van der Waals surface area contributed by atoms with Crippen molar-refractivity contribution in [2.24, 2.45) is 5.92 Å². The summed E-state index contributed by atoms with van der Waals surface area (Å²) in [5, 5.41) is 6.56. The first-order chi connectivity index (χ1) is 11.5. The van der Waals surface area contributed by atoms with Crippen LogP contribution in [-0.2, 0) is 16.1 Å². The number of carbonyl (C=O) groups is 1. The summed E-state index contributed by atoms with van der Waals surface area (Å²) < 4.78 is 10.7. The number of nitrogens with one attached hydrogen (secondary N) is 2. The molecule has 0 aliphatic carbocycles. The second kappa shape index (κ2) is 9.04. The lowest BCUT2D eigenvalue weighted by molar-refractivity contribution is -0.124. The summed E-state index contributed by atoms with van der Waals surface area (Å²) in [5.41, 5.74) is 2.13. The molecule has 1 heterocycles. The van der Waals surface area contributed by atoms with Gasteiger partial charge in [0.2, 0.25) is 5.91 Å². The maximum atomic E-state index is 12.6. The van der Waals surface area contributed by atoms with Gasteiger partial charge in [-0.1, -0.05) is 26.0 Å². The van der Waals surface area contributed by atoms with Gasteiger partial charge in [0.25, 0.3) is 0 Å². The highest BCUT2D eigenvalue weighted by molar-refractivity contribution is 5.82. The Labute approximate surface area is 145 Å². The zero-order chi connectivity index (χ0) is 17.5. The number of carbonyl (C=O) groups excluding carboxylic acids is 1. The lowest BCUT2D eigenvalue weighted by atomic mass is 10.00. The predicted molar refractivity (Wildman–Crippen MR) is 95.2 cm³/mol. The highest BCUT2D eigenvalue weighted by Gasteiger charge is 2.26. The third-order valence-corrected chi connectivity index (χ3v) is 4.52. The van der Waals surface area contributed by atoms with Gasteiger partial charge in [0.1, 0.15) is 5.75 Å². The van der Waals surface area contributed by atoms with Gasteiger partial charge in [-0.2, -0.15) is 0 Å². The molecule has 1 amide bonds. The number of benzene rings is 1. The normalized spacial score (nSPS) is 16.9. The fraction of sp³-hybridized carbons (Fsp3) is 0.632. The molecule has 134 valence electrons. The van der Waals surface area contributed by atoms with Crippen molar-refractivity contribution < 1.29 is 14.3 Å². The Balaban J connectivity index is 1.92. The molecule has 0 spiro atoms. The molecule has 2 rings (SSSR count). The Morgan fingerprint density at radius 2 is 2.04 bits per heavy atom. The van der Waals surface area contributed by atoms with Gasteiger partial charge >= 0.3 is 0 Å². The average Bonchev–Trinajstić information content (AvgIpc) is 2.59. The maximum absolute atomic E-state index is 12.6. The molecular formula is C19H30N2O3. The molecule has 0 saturated carbocycles. The van der Waals surface area contributed by atoms with Crippen LogP contribution in [-0.4, -0.2) is 38.3 Å². The summed E-state index contributed by atoms with van der Waals surface area (Å²) >= 11 is 0. The summed E-state index contributed by atoms with van der Waals surface area (Å²) in [7, 11) is 1.66. The summed E-state index contributed by atoms with van der Waals surface area (Å²) in [6.07, 6.45) is 1.93. The first kappa shape index (κ1) is 18.7. The zero-order valence-electron chi connectivity index (χ0n) is 15.2. The highest BCUT2D eigenvalue weighted by Crippen LogP contribution is 2.19. The number of aryl methyl sites for hydroxylation is 1. The van der Waals surface area contributed by atoms with Gasteiger partial charge in [0.05, 0.1) is 13.2 Å². The van der Waals surface area contributed by atoms with Gasteiger partial charge in [-0.3, -0.25) is 4.79 Å². The van der Waals surface area contributed by atoms with E-state index in [1.165, 1.54) is 0 Å². The van der Waals surface area contributed by atoms with Gasteiger partial charge in [-0.05, 0) is 42.9 Å². The fourth-order valence-corrected chi connectivity index (χ4v) is 2.96. The van der Waals surface area contributed by atoms with E-state index in [2.05, 4.69) is 24.5 Å². The predicted octanol–water partition coefficient (Wildman–Crippen LogP) is 2.41. The van der Waals surface area contributed by atoms with Crippen molar-refractivity contribution >= 4 is 5.91 Å². The van der Waals surface area contributed by atoms with Crippen molar-refractivity contribution in [2.45, 2.75) is 52.2 Å². The maximum Gasteiger partial charge on any atom is 0.237 e. The Morgan fingerprint density at radius 3 is 2.67 bits per heavy atom. The molecule has 1 aromatic carbocycles. The highest BCUT2D eigenvalue weighted by atomic mass is 16.5. The van der Waals surface area contributed by atoms with Gasteiger partial charge in [0.15, 0.2) is 0 Å². The number of methoxy groups -OCH3 is 1. The number of hydrogen-bond donors (Lipinski definition) is 2. The Kier molecular flexibility index (Phi) is 7.06. The van der Waals surface area contributed by atoms with Crippen LogP contribution in [0.4, 0.5) is 0 Å². The quantitative estimate of drug-likeness (QED) is 0.804. The summed E-state index contributed by atoms with van der Waals surface area (Å²) in [6, 6.07) is 6.19. The molecule has 0 bridgehead atoms. The lowest BCUT2D eigenvalue weighted by Crippen LogP contribution is -2.52. The topological polar surface area (TPSA) is 59.6 Å². The van der Waals surface area contributed by atoms with E-state index >= 15 is 0 Å². The molecule has 1 fully saturated rings. The van der Waals surface area contributed by atoms with E-state index in [9.17, 15) is 4.79 Å². The molecule has 24 heavy (non-hydrogen) atoms. The van der Waals surface area contributed by atoms with E-state index in [-0.39, 0.29) is 17.9 Å². The van der Waals surface area contributed by atoms with Crippen LogP contribution in [0, 0.1) is 12.8 Å². The third-order valence-electron chi connectivity index (χ3n) is 4.52. The van der Waals surface area contributed by atoms with Crippen LogP contribution in [0.1, 0.15) is 37.8 Å². The standard InChI is InChI=1S/C19H30N2O3/c1-13(2)18(21-16-7-9-24-10-8-16)19(22)20-12-15-6-5-14(3)17(11-15)23-4/h5-6,11,13,16,18,21H,7-10,12H2,1-4H3,(H,20,22). The fourth-order valence-electron chi connectivity index (χ4n) is 2.96. The minimum Gasteiger partial charge on any atom is -0.496 e. The van der Waals surface area contributed by atoms with E-state index in [4.69, 9.17) is 9.47 Å². The second-order valence-electron chi connectivity index (χ2n) is 6.80. The SMILES string of the molecule is COc1cc(CNC(=O)C(NC2CCOCC2)C(C)C)ccc1C. The van der Waals surface area contributed by atoms with E-state index in [0.717, 1.165) is 42.9 Å². The van der Waals surface area contributed by atoms with Crippen molar-refractivity contribution in [2.75, 3.05) is 20.3 Å². The molecule has 1 aliphatic rings. The molecule has 1 atom stereocenters. The third kappa shape index (κ3) is 5.21. The van der Waals surface area contributed by atoms with E-state index in [1.54, 1.807) is 7.11 Å². The Bertz CT molecular complexity index is 539. The van der Waals surface area contributed by atoms with Crippen molar-refractivity contribution in [3.63, 3.8) is 0 Å². The zero-order valence-corrected chi connectivity index (χ0v) is 15.2. The monoisotopic (exact) mass is 334 g/mol. The van der Waals surface area contributed by atoms with Crippen molar-refractivity contribution in [1.29, 1.82) is 0 Å². The lowest BCUT2D eigenvalue weighted by Gasteiger charge is -2.30. The molecule has 5 nitrogen and oxygen atoms in total. The van der Waals surface area contributed by atoms with Gasteiger partial charge in [-0.25, -0.2) is 0 Å². The molecule has 1 aliphatic heterocycles. The summed E-state index contributed by atoms with van der Waals surface area (Å²) in [5.74, 6) is 1.14. The van der Waals surface area contributed by atoms with Crippen LogP contribution in [0.15, 0.2) is 18.2 Å². The van der Waals surface area contributed by atoms with E-state index < -0.39 is 0 Å². The van der Waals surface area contributed by atoms with Crippen LogP contribution >= 0.6 is 0 Å². The van der Waals surface area contributed by atoms with E-state index in [0.29, 0.717) is 12.6 Å². The molecule has 1 saturated heterocycles. The molecule has 1 aromatic rings. The summed E-state index contributed by atoms with van der Waals surface area (Å²) in [4.78, 5) is 12.6. The second-order valence-corrected chi connectivity index (χ2v) is 6.80. The van der Waals surface area contributed by atoms with Crippen molar-refractivity contribution in [3.8, 4) is 5.75 Å². The van der Waals surface area contributed by atoms with Gasteiger partial charge in [0, 0.05) is 25.8 Å². The van der Waals surface area contributed by atoms with Crippen molar-refractivity contribution in [3.05, 3.63) is 29.3 Å². The van der Waals surface area contributed by atoms with Crippen LogP contribution in [0.3, 0.4) is 0 Å². The van der Waals surface area contributed by atoms with Crippen molar-refractivity contribution in [1.82, 2.24) is 10.6 Å². The molecule has 2 N–H and O–H groups in total. The minimum atomic E-state index is -0.180. The van der Waals surface area contributed by atoms with Gasteiger partial charge < -0.3 is 20.1 Å². The van der Waals surface area contributed by atoms with Crippen LogP contribution < -0.4 is 15.4 Å². The number of amides is 1. The molecule has 0 radical (unpaired) electrons. The number of hydrogen-bond acceptors (Lipinski definition) is 4. The molecule has 0 aromatic heterocycles. The molecule has 1 unspecified atom stereocenters. The summed E-state index contributed by atoms with van der Waals surface area (Å²) in [6.45, 7) is 8.21. The molecule has 5 heteroatoms. The Morgan fingerprint density at radius 1 is 1.33 bits per heavy atom. The Hall–Kier alpha value is -1.59. The average molecular weight is 334 g/mol. The van der Waals surface area contributed by atoms with Crippen LogP contribution in [0.5, 0.6) is 5.75 Å². The van der Waals surface area contributed by atoms with Crippen LogP contribution in [0.2, 0.25) is 0 Å². The molecular weight excluding hydrogens is 304 g/mol. The minimum absolute atomic E-state index is 0.0519. The first-order valence-corrected chi connectivity index (χ1v) is 8.76.